The number of nitrogens with two attached hydrogens (primary N) is 1. The first-order valence-corrected chi connectivity index (χ1v) is 6.34. The van der Waals surface area contributed by atoms with Crippen LogP contribution in [0.25, 0.3) is 11.3 Å². The highest BCUT2D eigenvalue weighted by Crippen LogP contribution is 2.25. The molecule has 0 saturated heterocycles. The van der Waals surface area contributed by atoms with Gasteiger partial charge in [0.05, 0.1) is 11.9 Å². The molecule has 3 N–H and O–H groups in total. The van der Waals surface area contributed by atoms with E-state index in [1.165, 1.54) is 0 Å². The van der Waals surface area contributed by atoms with E-state index in [9.17, 15) is 0 Å². The number of H-pyrrole nitrogens is 1. The summed E-state index contributed by atoms with van der Waals surface area (Å²) in [5.74, 6) is 0.926. The lowest BCUT2D eigenvalue weighted by atomic mass is 9.93. The van der Waals surface area contributed by atoms with Crippen LogP contribution in [0.1, 0.15) is 19.7 Å². The number of aromatic nitrogens is 2. The van der Waals surface area contributed by atoms with Crippen molar-refractivity contribution in [3.63, 3.8) is 0 Å². The third-order valence-corrected chi connectivity index (χ3v) is 3.36. The molecule has 0 aliphatic heterocycles. The van der Waals surface area contributed by atoms with Gasteiger partial charge >= 0.3 is 0 Å². The molecule has 3 nitrogen and oxygen atoms in total. The number of halogens is 1. The van der Waals surface area contributed by atoms with Crippen LogP contribution in [-0.2, 0) is 5.41 Å². The minimum absolute atomic E-state index is 0.121. The first-order valence-electron chi connectivity index (χ1n) is 5.54. The summed E-state index contributed by atoms with van der Waals surface area (Å²) >= 11 is 3.47. The molecule has 0 bridgehead atoms. The molecule has 17 heavy (non-hydrogen) atoms. The lowest BCUT2D eigenvalue weighted by Crippen LogP contribution is -2.29. The van der Waals surface area contributed by atoms with Crippen molar-refractivity contribution in [2.24, 2.45) is 5.73 Å². The third-order valence-electron chi connectivity index (χ3n) is 2.86. The molecule has 2 aromatic rings. The minimum Gasteiger partial charge on any atom is -0.342 e. The van der Waals surface area contributed by atoms with Crippen molar-refractivity contribution >= 4 is 15.9 Å². The Kier molecular flexibility index (Phi) is 3.35. The van der Waals surface area contributed by atoms with E-state index in [0.29, 0.717) is 6.54 Å². The summed E-state index contributed by atoms with van der Waals surface area (Å²) in [7, 11) is 0. The van der Waals surface area contributed by atoms with Crippen molar-refractivity contribution in [2.45, 2.75) is 19.3 Å². The summed E-state index contributed by atoms with van der Waals surface area (Å²) < 4.78 is 1.06. The smallest absolute Gasteiger partial charge is 0.113 e. The van der Waals surface area contributed by atoms with E-state index in [1.54, 1.807) is 0 Å². The van der Waals surface area contributed by atoms with Gasteiger partial charge in [-0.25, -0.2) is 4.98 Å². The van der Waals surface area contributed by atoms with Gasteiger partial charge in [-0.15, -0.1) is 0 Å². The second-order valence-electron chi connectivity index (χ2n) is 4.74. The van der Waals surface area contributed by atoms with Crippen LogP contribution in [-0.4, -0.2) is 16.5 Å². The summed E-state index contributed by atoms with van der Waals surface area (Å²) in [6, 6.07) is 8.13. The van der Waals surface area contributed by atoms with Crippen molar-refractivity contribution in [3.8, 4) is 11.3 Å². The minimum atomic E-state index is -0.121. The van der Waals surface area contributed by atoms with Crippen LogP contribution in [0.4, 0.5) is 0 Å². The van der Waals surface area contributed by atoms with Gasteiger partial charge in [0.25, 0.3) is 0 Å². The number of imidazole rings is 1. The standard InChI is InChI=1S/C13H16BrN3/c1-13(2,8-15)12-16-7-11(17-12)9-4-3-5-10(14)6-9/h3-7H,8,15H2,1-2H3,(H,16,17). The number of hydrogen-bond acceptors (Lipinski definition) is 2. The second kappa shape index (κ2) is 4.63. The van der Waals surface area contributed by atoms with E-state index in [4.69, 9.17) is 5.73 Å². The number of nitrogens with zero attached hydrogens (tertiary/aromatic N) is 1. The van der Waals surface area contributed by atoms with E-state index in [1.807, 2.05) is 18.3 Å². The quantitative estimate of drug-likeness (QED) is 0.914. The first kappa shape index (κ1) is 12.3. The molecule has 90 valence electrons. The van der Waals surface area contributed by atoms with Crippen molar-refractivity contribution in [2.75, 3.05) is 6.54 Å². The Labute approximate surface area is 110 Å². The van der Waals surface area contributed by atoms with Gasteiger partial charge in [0.1, 0.15) is 5.82 Å². The fraction of sp³-hybridized carbons (Fsp3) is 0.308. The van der Waals surface area contributed by atoms with Gasteiger partial charge in [-0.2, -0.15) is 0 Å². The van der Waals surface area contributed by atoms with Gasteiger partial charge in [0, 0.05) is 22.0 Å². The van der Waals surface area contributed by atoms with Crippen LogP contribution in [0.15, 0.2) is 34.9 Å². The fourth-order valence-corrected chi connectivity index (χ4v) is 1.96. The predicted molar refractivity (Wildman–Crippen MR) is 73.8 cm³/mol. The molecule has 0 fully saturated rings. The van der Waals surface area contributed by atoms with Crippen molar-refractivity contribution in [3.05, 3.63) is 40.8 Å². The molecule has 0 aliphatic rings. The highest BCUT2D eigenvalue weighted by atomic mass is 79.9. The number of aromatic amines is 1. The Balaban J connectivity index is 2.36. The number of hydrogen-bond donors (Lipinski definition) is 2. The Hall–Kier alpha value is -1.13. The van der Waals surface area contributed by atoms with Crippen LogP contribution in [0.3, 0.4) is 0 Å². The molecule has 1 aromatic heterocycles. The zero-order valence-electron chi connectivity index (χ0n) is 10.00. The first-order chi connectivity index (χ1) is 8.03. The molecule has 4 heteroatoms. The highest BCUT2D eigenvalue weighted by molar-refractivity contribution is 9.10. The predicted octanol–water partition coefficient (Wildman–Crippen LogP) is 3.08. The maximum absolute atomic E-state index is 5.74. The third kappa shape index (κ3) is 2.58. The molecular weight excluding hydrogens is 278 g/mol. The Bertz CT molecular complexity index is 517. The zero-order valence-corrected chi connectivity index (χ0v) is 11.6. The molecule has 1 heterocycles. The maximum atomic E-state index is 5.74. The van der Waals surface area contributed by atoms with E-state index < -0.39 is 0 Å². The molecule has 0 amide bonds. The topological polar surface area (TPSA) is 54.7 Å². The monoisotopic (exact) mass is 293 g/mol. The maximum Gasteiger partial charge on any atom is 0.113 e. The Morgan fingerprint density at radius 2 is 2.18 bits per heavy atom. The second-order valence-corrected chi connectivity index (χ2v) is 5.66. The molecular formula is C13H16BrN3. The fourth-order valence-electron chi connectivity index (χ4n) is 1.56. The van der Waals surface area contributed by atoms with Crippen molar-refractivity contribution in [1.29, 1.82) is 0 Å². The van der Waals surface area contributed by atoms with Gasteiger partial charge < -0.3 is 10.7 Å². The molecule has 1 aromatic carbocycles. The van der Waals surface area contributed by atoms with E-state index >= 15 is 0 Å². The summed E-state index contributed by atoms with van der Waals surface area (Å²) in [6.07, 6.45) is 1.86. The molecule has 0 spiro atoms. The van der Waals surface area contributed by atoms with E-state index in [2.05, 4.69) is 51.9 Å². The van der Waals surface area contributed by atoms with Crippen LogP contribution < -0.4 is 5.73 Å². The lowest BCUT2D eigenvalue weighted by Gasteiger charge is -2.18. The number of benzene rings is 1. The van der Waals surface area contributed by atoms with E-state index in [-0.39, 0.29) is 5.41 Å². The number of rotatable bonds is 3. The highest BCUT2D eigenvalue weighted by Gasteiger charge is 2.22. The average Bonchev–Trinajstić information content (AvgIpc) is 2.79. The van der Waals surface area contributed by atoms with Gasteiger partial charge in [0.15, 0.2) is 0 Å². The summed E-state index contributed by atoms with van der Waals surface area (Å²) in [5, 5.41) is 0. The van der Waals surface area contributed by atoms with E-state index in [0.717, 1.165) is 21.6 Å². The Morgan fingerprint density at radius 3 is 2.82 bits per heavy atom. The zero-order chi connectivity index (χ0) is 12.5. The molecule has 0 aliphatic carbocycles. The average molecular weight is 294 g/mol. The van der Waals surface area contributed by atoms with Gasteiger partial charge in [-0.05, 0) is 12.1 Å². The summed E-state index contributed by atoms with van der Waals surface area (Å²) in [5.41, 5.74) is 7.76. The van der Waals surface area contributed by atoms with Crippen LogP contribution in [0.5, 0.6) is 0 Å². The van der Waals surface area contributed by atoms with Gasteiger partial charge in [-0.3, -0.25) is 0 Å². The molecule has 2 rings (SSSR count). The molecule has 0 saturated carbocycles. The summed E-state index contributed by atoms with van der Waals surface area (Å²) in [4.78, 5) is 7.75. The van der Waals surface area contributed by atoms with Crippen LogP contribution in [0, 0.1) is 0 Å². The lowest BCUT2D eigenvalue weighted by molar-refractivity contribution is 0.508. The van der Waals surface area contributed by atoms with Crippen molar-refractivity contribution in [1.82, 2.24) is 9.97 Å². The number of nitrogens with one attached hydrogen (secondary N) is 1. The molecule has 0 radical (unpaired) electrons. The Morgan fingerprint density at radius 1 is 1.41 bits per heavy atom. The van der Waals surface area contributed by atoms with Crippen molar-refractivity contribution < 1.29 is 0 Å². The SMILES string of the molecule is CC(C)(CN)c1ncc(-c2cccc(Br)c2)[nH]1. The molecule has 0 atom stereocenters. The van der Waals surface area contributed by atoms with Gasteiger partial charge in [0.2, 0.25) is 0 Å². The molecule has 0 unspecified atom stereocenters. The largest absolute Gasteiger partial charge is 0.342 e. The van der Waals surface area contributed by atoms with Crippen LogP contribution in [0.2, 0.25) is 0 Å². The van der Waals surface area contributed by atoms with Crippen LogP contribution >= 0.6 is 15.9 Å². The summed E-state index contributed by atoms with van der Waals surface area (Å²) in [6.45, 7) is 4.73. The normalized spacial score (nSPS) is 11.8. The van der Waals surface area contributed by atoms with Gasteiger partial charge in [-0.1, -0.05) is 41.9 Å².